The summed E-state index contributed by atoms with van der Waals surface area (Å²) >= 11 is 12.1. The van der Waals surface area contributed by atoms with Gasteiger partial charge in [0.2, 0.25) is 0 Å². The van der Waals surface area contributed by atoms with Gasteiger partial charge in [0.15, 0.2) is 0 Å². The molecule has 100 valence electrons. The van der Waals surface area contributed by atoms with Crippen LogP contribution in [0.3, 0.4) is 0 Å². The minimum atomic E-state index is 0.132. The quantitative estimate of drug-likeness (QED) is 0.636. The number of hydrazine groups is 1. The van der Waals surface area contributed by atoms with Crippen molar-refractivity contribution < 1.29 is 0 Å². The molecule has 0 amide bonds. The molecule has 0 aromatic heterocycles. The van der Waals surface area contributed by atoms with Gasteiger partial charge in [-0.1, -0.05) is 55.5 Å². The summed E-state index contributed by atoms with van der Waals surface area (Å²) in [6.45, 7) is 2.30. The first-order valence-electron chi connectivity index (χ1n) is 6.48. The third kappa shape index (κ3) is 2.83. The first kappa shape index (κ1) is 14.1. The Morgan fingerprint density at radius 1 is 1.17 bits per heavy atom. The fraction of sp³-hybridized carbons (Fsp3) is 0.571. The van der Waals surface area contributed by atoms with E-state index in [0.717, 1.165) is 5.56 Å². The lowest BCUT2D eigenvalue weighted by Gasteiger charge is -2.40. The summed E-state index contributed by atoms with van der Waals surface area (Å²) < 4.78 is 0. The Morgan fingerprint density at radius 3 is 2.39 bits per heavy atom. The second-order valence-electron chi connectivity index (χ2n) is 5.49. The zero-order valence-corrected chi connectivity index (χ0v) is 12.2. The summed E-state index contributed by atoms with van der Waals surface area (Å²) in [5.74, 6) is 5.78. The number of halogens is 2. The van der Waals surface area contributed by atoms with Crippen LogP contribution in [0.25, 0.3) is 0 Å². The number of benzene rings is 1. The van der Waals surface area contributed by atoms with Crippen molar-refractivity contribution in [2.24, 2.45) is 11.3 Å². The third-order valence-corrected chi connectivity index (χ3v) is 4.88. The normalized spacial score (nSPS) is 20.7. The Kier molecular flexibility index (Phi) is 4.54. The minimum Gasteiger partial charge on any atom is -0.271 e. The lowest BCUT2D eigenvalue weighted by molar-refractivity contribution is 0.145. The molecule has 3 N–H and O–H groups in total. The standard InChI is InChI=1S/C14H20Cl2N2/c1-14(7-3-2-4-8-14)13(18-17)10-5-6-11(15)12(16)9-10/h5-6,9,13,18H,2-4,7-8,17H2,1H3. The number of hydrogen-bond donors (Lipinski definition) is 2. The smallest absolute Gasteiger partial charge is 0.0595 e. The van der Waals surface area contributed by atoms with E-state index in [-0.39, 0.29) is 11.5 Å². The molecule has 0 bridgehead atoms. The fourth-order valence-electron chi connectivity index (χ4n) is 3.04. The van der Waals surface area contributed by atoms with Crippen LogP contribution in [0.15, 0.2) is 18.2 Å². The van der Waals surface area contributed by atoms with Crippen LogP contribution in [0.2, 0.25) is 10.0 Å². The van der Waals surface area contributed by atoms with E-state index in [2.05, 4.69) is 12.3 Å². The molecule has 1 atom stereocenters. The van der Waals surface area contributed by atoms with Crippen molar-refractivity contribution in [3.63, 3.8) is 0 Å². The largest absolute Gasteiger partial charge is 0.271 e. The highest BCUT2D eigenvalue weighted by molar-refractivity contribution is 6.42. The van der Waals surface area contributed by atoms with Crippen molar-refractivity contribution in [1.29, 1.82) is 0 Å². The van der Waals surface area contributed by atoms with E-state index in [1.807, 2.05) is 18.2 Å². The second kappa shape index (κ2) is 5.79. The Balaban J connectivity index is 2.29. The third-order valence-electron chi connectivity index (χ3n) is 4.14. The van der Waals surface area contributed by atoms with Gasteiger partial charge in [0.25, 0.3) is 0 Å². The van der Waals surface area contributed by atoms with Crippen LogP contribution in [-0.4, -0.2) is 0 Å². The van der Waals surface area contributed by atoms with E-state index in [1.54, 1.807) is 0 Å². The summed E-state index contributed by atoms with van der Waals surface area (Å²) in [6.07, 6.45) is 6.27. The molecule has 0 aliphatic heterocycles. The van der Waals surface area contributed by atoms with Gasteiger partial charge >= 0.3 is 0 Å². The van der Waals surface area contributed by atoms with Crippen molar-refractivity contribution in [2.75, 3.05) is 0 Å². The van der Waals surface area contributed by atoms with E-state index in [4.69, 9.17) is 29.0 Å². The summed E-state index contributed by atoms with van der Waals surface area (Å²) in [6, 6.07) is 5.91. The lowest BCUT2D eigenvalue weighted by Crippen LogP contribution is -2.41. The van der Waals surface area contributed by atoms with Crippen LogP contribution >= 0.6 is 23.2 Å². The molecule has 1 aliphatic carbocycles. The molecule has 2 rings (SSSR count). The Morgan fingerprint density at radius 2 is 1.83 bits per heavy atom. The van der Waals surface area contributed by atoms with Crippen LogP contribution in [-0.2, 0) is 0 Å². The van der Waals surface area contributed by atoms with Crippen LogP contribution in [0.5, 0.6) is 0 Å². The first-order chi connectivity index (χ1) is 8.57. The van der Waals surface area contributed by atoms with Crippen LogP contribution < -0.4 is 11.3 Å². The summed E-state index contributed by atoms with van der Waals surface area (Å²) in [5, 5.41) is 1.18. The van der Waals surface area contributed by atoms with E-state index < -0.39 is 0 Å². The first-order valence-corrected chi connectivity index (χ1v) is 7.23. The van der Waals surface area contributed by atoms with Crippen molar-refractivity contribution in [3.8, 4) is 0 Å². The van der Waals surface area contributed by atoms with Crippen molar-refractivity contribution in [1.82, 2.24) is 5.43 Å². The number of hydrogen-bond acceptors (Lipinski definition) is 2. The van der Waals surface area contributed by atoms with Crippen molar-refractivity contribution >= 4 is 23.2 Å². The number of rotatable bonds is 3. The van der Waals surface area contributed by atoms with Crippen molar-refractivity contribution in [3.05, 3.63) is 33.8 Å². The predicted molar refractivity (Wildman–Crippen MR) is 77.7 cm³/mol. The molecule has 18 heavy (non-hydrogen) atoms. The Labute approximate surface area is 119 Å². The molecular formula is C14H20Cl2N2. The SMILES string of the molecule is CC1(C(NN)c2ccc(Cl)c(Cl)c2)CCCCC1. The maximum Gasteiger partial charge on any atom is 0.0595 e. The molecule has 0 spiro atoms. The Hall–Kier alpha value is -0.280. The fourth-order valence-corrected chi connectivity index (χ4v) is 3.35. The highest BCUT2D eigenvalue weighted by atomic mass is 35.5. The number of nitrogens with two attached hydrogens (primary N) is 1. The highest BCUT2D eigenvalue weighted by Gasteiger charge is 2.35. The molecule has 0 heterocycles. The van der Waals surface area contributed by atoms with E-state index in [9.17, 15) is 0 Å². The molecule has 2 nitrogen and oxygen atoms in total. The maximum absolute atomic E-state index is 6.10. The zero-order valence-electron chi connectivity index (χ0n) is 10.7. The Bertz CT molecular complexity index is 414. The van der Waals surface area contributed by atoms with Gasteiger partial charge in [0.05, 0.1) is 16.1 Å². The van der Waals surface area contributed by atoms with Gasteiger partial charge in [-0.15, -0.1) is 0 Å². The monoisotopic (exact) mass is 286 g/mol. The molecule has 0 saturated heterocycles. The van der Waals surface area contributed by atoms with Gasteiger partial charge in [-0.05, 0) is 36.0 Å². The van der Waals surface area contributed by atoms with Crippen LogP contribution in [0, 0.1) is 5.41 Å². The number of nitrogens with one attached hydrogen (secondary N) is 1. The van der Waals surface area contributed by atoms with Crippen molar-refractivity contribution in [2.45, 2.75) is 45.1 Å². The molecule has 1 saturated carbocycles. The van der Waals surface area contributed by atoms with Gasteiger partial charge in [-0.25, -0.2) is 0 Å². The summed E-state index contributed by atoms with van der Waals surface area (Å²) in [5.41, 5.74) is 4.29. The van der Waals surface area contributed by atoms with E-state index in [0.29, 0.717) is 10.0 Å². The van der Waals surface area contributed by atoms with Gasteiger partial charge in [0, 0.05) is 0 Å². The van der Waals surface area contributed by atoms with E-state index in [1.165, 1.54) is 32.1 Å². The summed E-state index contributed by atoms with van der Waals surface area (Å²) in [4.78, 5) is 0. The molecule has 0 radical (unpaired) electrons. The maximum atomic E-state index is 6.10. The molecule has 4 heteroatoms. The predicted octanol–water partition coefficient (Wildman–Crippen LogP) is 4.47. The molecular weight excluding hydrogens is 267 g/mol. The molecule has 1 aliphatic rings. The lowest BCUT2D eigenvalue weighted by atomic mass is 9.69. The van der Waals surface area contributed by atoms with Crippen LogP contribution in [0.4, 0.5) is 0 Å². The molecule has 1 aromatic carbocycles. The minimum absolute atomic E-state index is 0.132. The molecule has 1 fully saturated rings. The molecule has 1 aromatic rings. The summed E-state index contributed by atoms with van der Waals surface area (Å²) in [7, 11) is 0. The molecule has 1 unspecified atom stereocenters. The highest BCUT2D eigenvalue weighted by Crippen LogP contribution is 2.45. The van der Waals surface area contributed by atoms with Crippen LogP contribution in [0.1, 0.15) is 50.6 Å². The average Bonchev–Trinajstić information content (AvgIpc) is 2.35. The topological polar surface area (TPSA) is 38.0 Å². The van der Waals surface area contributed by atoms with Gasteiger partial charge in [0.1, 0.15) is 0 Å². The van der Waals surface area contributed by atoms with Gasteiger partial charge in [-0.2, -0.15) is 0 Å². The second-order valence-corrected chi connectivity index (χ2v) is 6.30. The zero-order chi connectivity index (χ0) is 13.2. The average molecular weight is 287 g/mol. The van der Waals surface area contributed by atoms with E-state index >= 15 is 0 Å². The van der Waals surface area contributed by atoms with Gasteiger partial charge in [-0.3, -0.25) is 11.3 Å². The van der Waals surface area contributed by atoms with Gasteiger partial charge < -0.3 is 0 Å².